The Balaban J connectivity index is 2.57. The molecule has 1 aromatic carbocycles. The predicted octanol–water partition coefficient (Wildman–Crippen LogP) is 5.47. The SMILES string of the molecule is CCCCCC(CC(=O)CCCCC(C)=O)c1ccc(OC)cc1. The van der Waals surface area contributed by atoms with Crippen LogP contribution in [0.1, 0.15) is 83.1 Å². The van der Waals surface area contributed by atoms with E-state index in [1.807, 2.05) is 12.1 Å². The standard InChI is InChI=1S/C21H32O3/c1-4-5-6-10-19(18-12-14-21(24-3)15-13-18)16-20(23)11-8-7-9-17(2)22/h12-15,19H,4-11,16H2,1-3H3. The van der Waals surface area contributed by atoms with E-state index in [0.29, 0.717) is 31.0 Å². The number of benzene rings is 1. The van der Waals surface area contributed by atoms with Crippen LogP contribution < -0.4 is 4.74 Å². The molecule has 3 heteroatoms. The van der Waals surface area contributed by atoms with Crippen molar-refractivity contribution in [3.63, 3.8) is 0 Å². The Morgan fingerprint density at radius 3 is 2.25 bits per heavy atom. The fourth-order valence-electron chi connectivity index (χ4n) is 2.98. The van der Waals surface area contributed by atoms with Crippen LogP contribution in [0, 0.1) is 0 Å². The second-order valence-corrected chi connectivity index (χ2v) is 6.62. The van der Waals surface area contributed by atoms with Gasteiger partial charge in [-0.3, -0.25) is 4.79 Å². The van der Waals surface area contributed by atoms with Gasteiger partial charge >= 0.3 is 0 Å². The molecule has 0 radical (unpaired) electrons. The zero-order valence-corrected chi connectivity index (χ0v) is 15.5. The lowest BCUT2D eigenvalue weighted by Gasteiger charge is -2.17. The number of rotatable bonds is 13. The van der Waals surface area contributed by atoms with E-state index in [-0.39, 0.29) is 5.78 Å². The topological polar surface area (TPSA) is 43.4 Å². The lowest BCUT2D eigenvalue weighted by molar-refractivity contribution is -0.120. The fourth-order valence-corrected chi connectivity index (χ4v) is 2.98. The monoisotopic (exact) mass is 332 g/mol. The van der Waals surface area contributed by atoms with Gasteiger partial charge in [0.15, 0.2) is 0 Å². The summed E-state index contributed by atoms with van der Waals surface area (Å²) in [6.07, 6.45) is 8.04. The van der Waals surface area contributed by atoms with Crippen molar-refractivity contribution in [2.75, 3.05) is 7.11 Å². The summed E-state index contributed by atoms with van der Waals surface area (Å²) < 4.78 is 5.22. The smallest absolute Gasteiger partial charge is 0.133 e. The number of carbonyl (C=O) groups is 2. The maximum absolute atomic E-state index is 12.3. The first-order valence-corrected chi connectivity index (χ1v) is 9.21. The minimum Gasteiger partial charge on any atom is -0.497 e. The molecule has 1 atom stereocenters. The van der Waals surface area contributed by atoms with Crippen molar-refractivity contribution in [3.8, 4) is 5.75 Å². The number of ether oxygens (including phenoxy) is 1. The average molecular weight is 332 g/mol. The molecule has 0 N–H and O–H groups in total. The van der Waals surface area contributed by atoms with Crippen LogP contribution in [0.15, 0.2) is 24.3 Å². The Bertz CT molecular complexity index is 490. The molecule has 0 heterocycles. The van der Waals surface area contributed by atoms with Crippen molar-refractivity contribution in [3.05, 3.63) is 29.8 Å². The van der Waals surface area contributed by atoms with E-state index in [1.165, 1.54) is 18.4 Å². The predicted molar refractivity (Wildman–Crippen MR) is 98.7 cm³/mol. The summed E-state index contributed by atoms with van der Waals surface area (Å²) in [5.74, 6) is 1.67. The number of methoxy groups -OCH3 is 1. The second kappa shape index (κ2) is 11.8. The van der Waals surface area contributed by atoms with Crippen LogP contribution in [-0.4, -0.2) is 18.7 Å². The van der Waals surface area contributed by atoms with Crippen molar-refractivity contribution in [2.45, 2.75) is 77.6 Å². The lowest BCUT2D eigenvalue weighted by atomic mass is 9.87. The second-order valence-electron chi connectivity index (χ2n) is 6.62. The zero-order chi connectivity index (χ0) is 17.8. The minimum absolute atomic E-state index is 0.207. The molecule has 24 heavy (non-hydrogen) atoms. The Morgan fingerprint density at radius 1 is 1.00 bits per heavy atom. The van der Waals surface area contributed by atoms with Gasteiger partial charge in [0.1, 0.15) is 17.3 Å². The molecule has 0 saturated carbocycles. The number of carbonyl (C=O) groups excluding carboxylic acids is 2. The number of hydrogen-bond acceptors (Lipinski definition) is 3. The van der Waals surface area contributed by atoms with Crippen LogP contribution in [0.2, 0.25) is 0 Å². The van der Waals surface area contributed by atoms with Gasteiger partial charge in [0, 0.05) is 19.3 Å². The molecule has 0 amide bonds. The maximum Gasteiger partial charge on any atom is 0.133 e. The van der Waals surface area contributed by atoms with Crippen molar-refractivity contribution in [1.82, 2.24) is 0 Å². The number of unbranched alkanes of at least 4 members (excludes halogenated alkanes) is 3. The fraction of sp³-hybridized carbons (Fsp3) is 0.619. The average Bonchev–Trinajstić information content (AvgIpc) is 2.58. The highest BCUT2D eigenvalue weighted by Crippen LogP contribution is 2.28. The van der Waals surface area contributed by atoms with Crippen molar-refractivity contribution in [1.29, 1.82) is 0 Å². The van der Waals surface area contributed by atoms with Crippen LogP contribution in [0.4, 0.5) is 0 Å². The van der Waals surface area contributed by atoms with E-state index in [0.717, 1.165) is 31.4 Å². The van der Waals surface area contributed by atoms with Gasteiger partial charge in [0.2, 0.25) is 0 Å². The summed E-state index contributed by atoms with van der Waals surface area (Å²) >= 11 is 0. The van der Waals surface area contributed by atoms with Gasteiger partial charge in [-0.1, -0.05) is 38.3 Å². The van der Waals surface area contributed by atoms with E-state index < -0.39 is 0 Å². The molecule has 1 rings (SSSR count). The summed E-state index contributed by atoms with van der Waals surface area (Å²) in [6, 6.07) is 8.11. The minimum atomic E-state index is 0.207. The van der Waals surface area contributed by atoms with Crippen molar-refractivity contribution >= 4 is 11.6 Å². The highest BCUT2D eigenvalue weighted by molar-refractivity contribution is 5.79. The highest BCUT2D eigenvalue weighted by atomic mass is 16.5. The quantitative estimate of drug-likeness (QED) is 0.450. The molecule has 3 nitrogen and oxygen atoms in total. The Labute approximate surface area is 146 Å². The molecule has 0 aliphatic heterocycles. The first-order valence-electron chi connectivity index (χ1n) is 9.21. The first-order chi connectivity index (χ1) is 11.6. The summed E-state index contributed by atoms with van der Waals surface area (Å²) in [5.41, 5.74) is 1.23. The lowest BCUT2D eigenvalue weighted by Crippen LogP contribution is -2.08. The molecular formula is C21H32O3. The molecular weight excluding hydrogens is 300 g/mol. The summed E-state index contributed by atoms with van der Waals surface area (Å²) in [6.45, 7) is 3.80. The molecule has 134 valence electrons. The molecule has 1 aromatic rings. The molecule has 0 aliphatic rings. The van der Waals surface area contributed by atoms with E-state index in [9.17, 15) is 9.59 Å². The van der Waals surface area contributed by atoms with Crippen LogP contribution in [0.25, 0.3) is 0 Å². The van der Waals surface area contributed by atoms with Gasteiger partial charge in [-0.15, -0.1) is 0 Å². The van der Waals surface area contributed by atoms with Crippen LogP contribution >= 0.6 is 0 Å². The molecule has 0 bridgehead atoms. The Kier molecular flexibility index (Phi) is 10.1. The van der Waals surface area contributed by atoms with Crippen molar-refractivity contribution < 1.29 is 14.3 Å². The molecule has 0 aromatic heterocycles. The maximum atomic E-state index is 12.3. The highest BCUT2D eigenvalue weighted by Gasteiger charge is 2.16. The molecule has 1 unspecified atom stereocenters. The van der Waals surface area contributed by atoms with Gasteiger partial charge in [-0.2, -0.15) is 0 Å². The van der Waals surface area contributed by atoms with Gasteiger partial charge in [-0.25, -0.2) is 0 Å². The van der Waals surface area contributed by atoms with Crippen molar-refractivity contribution in [2.24, 2.45) is 0 Å². The number of hydrogen-bond donors (Lipinski definition) is 0. The van der Waals surface area contributed by atoms with E-state index in [1.54, 1.807) is 14.0 Å². The molecule has 0 saturated heterocycles. The van der Waals surface area contributed by atoms with Crippen LogP contribution in [0.3, 0.4) is 0 Å². The van der Waals surface area contributed by atoms with Crippen LogP contribution in [-0.2, 0) is 9.59 Å². The van der Waals surface area contributed by atoms with Crippen LogP contribution in [0.5, 0.6) is 5.75 Å². The van der Waals surface area contributed by atoms with E-state index >= 15 is 0 Å². The number of Topliss-reactive ketones (excluding diaryl/α,β-unsaturated/α-hetero) is 2. The third kappa shape index (κ3) is 8.28. The van der Waals surface area contributed by atoms with Gasteiger partial charge in [0.05, 0.1) is 7.11 Å². The number of ketones is 2. The normalized spacial score (nSPS) is 12.0. The summed E-state index contributed by atoms with van der Waals surface area (Å²) in [7, 11) is 1.66. The zero-order valence-electron chi connectivity index (χ0n) is 15.5. The van der Waals surface area contributed by atoms with Gasteiger partial charge in [0.25, 0.3) is 0 Å². The Morgan fingerprint density at radius 2 is 1.67 bits per heavy atom. The van der Waals surface area contributed by atoms with Gasteiger partial charge in [-0.05, 0) is 49.8 Å². The molecule has 0 aliphatic carbocycles. The largest absolute Gasteiger partial charge is 0.497 e. The summed E-state index contributed by atoms with van der Waals surface area (Å²) in [5, 5.41) is 0. The third-order valence-electron chi connectivity index (χ3n) is 4.45. The summed E-state index contributed by atoms with van der Waals surface area (Å²) in [4.78, 5) is 23.3. The first kappa shape index (κ1) is 20.4. The Hall–Kier alpha value is -1.64. The molecule has 0 fully saturated rings. The van der Waals surface area contributed by atoms with E-state index in [2.05, 4.69) is 19.1 Å². The molecule has 0 spiro atoms. The van der Waals surface area contributed by atoms with Gasteiger partial charge < -0.3 is 9.53 Å². The van der Waals surface area contributed by atoms with E-state index in [4.69, 9.17) is 4.74 Å². The third-order valence-corrected chi connectivity index (χ3v) is 4.45.